The minimum atomic E-state index is -0.628. The molecule has 4 N–H and O–H groups in total. The number of primary amides is 1. The number of rotatable bonds is 2. The van der Waals surface area contributed by atoms with Crippen LogP contribution in [0.3, 0.4) is 0 Å². The summed E-state index contributed by atoms with van der Waals surface area (Å²) in [5.74, 6) is -0.667. The van der Waals surface area contributed by atoms with Gasteiger partial charge in [-0.1, -0.05) is 31.2 Å². The molecule has 0 saturated heterocycles. The Morgan fingerprint density at radius 2 is 2.15 bits per heavy atom. The maximum Gasteiger partial charge on any atom is 0.250 e. The number of anilines is 1. The summed E-state index contributed by atoms with van der Waals surface area (Å²) in [6.45, 7) is 3.03. The number of H-pyrrole nitrogens is 1. The zero-order valence-corrected chi connectivity index (χ0v) is 15.0. The predicted octanol–water partition coefficient (Wildman–Crippen LogP) is 4.25. The van der Waals surface area contributed by atoms with Crippen LogP contribution in [-0.2, 0) is 12.8 Å². The lowest BCUT2D eigenvalue weighted by Gasteiger charge is -2.14. The molecule has 3 aromatic rings. The van der Waals surface area contributed by atoms with Crippen molar-refractivity contribution in [3.8, 4) is 11.1 Å². The second kappa shape index (κ2) is 5.71. The zero-order chi connectivity index (χ0) is 18.7. The van der Waals surface area contributed by atoms with E-state index in [4.69, 9.17) is 5.73 Å². The van der Waals surface area contributed by atoms with Crippen molar-refractivity contribution in [1.29, 1.82) is 0 Å². The summed E-state index contributed by atoms with van der Waals surface area (Å²) in [6, 6.07) is 7.27. The average Bonchev–Trinajstić information content (AvgIpc) is 3.24. The number of nitrogens with two attached hydrogens (primary N) is 1. The van der Waals surface area contributed by atoms with E-state index < -0.39 is 11.7 Å². The van der Waals surface area contributed by atoms with Gasteiger partial charge in [0.2, 0.25) is 0 Å². The third-order valence-electron chi connectivity index (χ3n) is 5.64. The van der Waals surface area contributed by atoms with Crippen molar-refractivity contribution in [3.05, 3.63) is 58.5 Å². The van der Waals surface area contributed by atoms with Gasteiger partial charge in [0.05, 0.1) is 11.1 Å². The summed E-state index contributed by atoms with van der Waals surface area (Å²) < 4.78 is 15.2. The predicted molar refractivity (Wildman–Crippen MR) is 106 cm³/mol. The van der Waals surface area contributed by atoms with Crippen molar-refractivity contribution >= 4 is 28.6 Å². The Morgan fingerprint density at radius 3 is 2.96 bits per heavy atom. The molecule has 1 atom stereocenters. The van der Waals surface area contributed by atoms with Crippen molar-refractivity contribution in [2.24, 2.45) is 11.7 Å². The molecule has 136 valence electrons. The van der Waals surface area contributed by atoms with E-state index in [0.29, 0.717) is 17.0 Å². The Labute approximate surface area is 156 Å². The lowest BCUT2D eigenvalue weighted by atomic mass is 9.90. The summed E-state index contributed by atoms with van der Waals surface area (Å²) in [6.07, 6.45) is 5.96. The van der Waals surface area contributed by atoms with E-state index in [9.17, 15) is 4.79 Å². The summed E-state index contributed by atoms with van der Waals surface area (Å²) in [4.78, 5) is 15.3. The summed E-state index contributed by atoms with van der Waals surface area (Å²) in [7, 11) is 0. The standard InChI is InChI=1S/C22H20FN3O/c1-11-2-5-14-18(8-11)26-21-15(22(24)27)10-16(23)19(20(14)21)13-4-3-12-6-7-25-17(12)9-13/h2-5,9-11,25-26H,6-8H2,1H3,(H2,24,27). The Morgan fingerprint density at radius 1 is 1.30 bits per heavy atom. The lowest BCUT2D eigenvalue weighted by Crippen LogP contribution is -2.12. The van der Waals surface area contributed by atoms with Crippen LogP contribution in [0.2, 0.25) is 0 Å². The number of hydrogen-bond acceptors (Lipinski definition) is 2. The number of benzene rings is 2. The van der Waals surface area contributed by atoms with Crippen molar-refractivity contribution in [3.63, 3.8) is 0 Å². The number of fused-ring (bicyclic) bond motifs is 4. The quantitative estimate of drug-likeness (QED) is 0.639. The van der Waals surface area contributed by atoms with Crippen molar-refractivity contribution in [2.45, 2.75) is 19.8 Å². The molecule has 0 radical (unpaired) electrons. The van der Waals surface area contributed by atoms with E-state index in [1.807, 2.05) is 18.2 Å². The summed E-state index contributed by atoms with van der Waals surface area (Å²) in [5, 5.41) is 4.09. The minimum absolute atomic E-state index is 0.195. The third kappa shape index (κ3) is 2.38. The monoisotopic (exact) mass is 361 g/mol. The van der Waals surface area contributed by atoms with Gasteiger partial charge in [0, 0.05) is 34.4 Å². The van der Waals surface area contributed by atoms with Crippen molar-refractivity contribution < 1.29 is 9.18 Å². The third-order valence-corrected chi connectivity index (χ3v) is 5.64. The zero-order valence-electron chi connectivity index (χ0n) is 15.0. The number of halogens is 1. The van der Waals surface area contributed by atoms with E-state index in [0.717, 1.165) is 47.3 Å². The van der Waals surface area contributed by atoms with E-state index in [2.05, 4.69) is 29.4 Å². The maximum atomic E-state index is 15.2. The first-order valence-electron chi connectivity index (χ1n) is 9.25. The first kappa shape index (κ1) is 16.1. The molecule has 0 spiro atoms. The Bertz CT molecular complexity index is 1140. The SMILES string of the molecule is CC1C=Cc2c([nH]c3c(C(N)=O)cc(F)c(-c4ccc5c(c4)NCC5)c23)C1. The Hall–Kier alpha value is -3.08. The van der Waals surface area contributed by atoms with Gasteiger partial charge < -0.3 is 16.0 Å². The van der Waals surface area contributed by atoms with E-state index >= 15 is 4.39 Å². The topological polar surface area (TPSA) is 70.9 Å². The molecule has 0 saturated carbocycles. The number of carbonyl (C=O) groups excluding carboxylic acids is 1. The van der Waals surface area contributed by atoms with Gasteiger partial charge in [-0.25, -0.2) is 4.39 Å². The van der Waals surface area contributed by atoms with Crippen LogP contribution in [0, 0.1) is 11.7 Å². The van der Waals surface area contributed by atoms with Gasteiger partial charge >= 0.3 is 0 Å². The lowest BCUT2D eigenvalue weighted by molar-refractivity contribution is 0.100. The molecule has 5 rings (SSSR count). The Kier molecular flexibility index (Phi) is 3.41. The van der Waals surface area contributed by atoms with Gasteiger partial charge in [-0.2, -0.15) is 0 Å². The van der Waals surface area contributed by atoms with Crippen LogP contribution < -0.4 is 11.1 Å². The molecule has 1 amide bonds. The van der Waals surface area contributed by atoms with Crippen LogP contribution in [-0.4, -0.2) is 17.4 Å². The molecule has 0 bridgehead atoms. The maximum absolute atomic E-state index is 15.2. The van der Waals surface area contributed by atoms with Crippen LogP contribution in [0.4, 0.5) is 10.1 Å². The highest BCUT2D eigenvalue weighted by atomic mass is 19.1. The number of carbonyl (C=O) groups is 1. The van der Waals surface area contributed by atoms with E-state index in [1.54, 1.807) is 0 Å². The van der Waals surface area contributed by atoms with Gasteiger partial charge in [0.15, 0.2) is 0 Å². The van der Waals surface area contributed by atoms with Gasteiger partial charge in [-0.3, -0.25) is 4.79 Å². The van der Waals surface area contributed by atoms with Gasteiger partial charge in [-0.15, -0.1) is 0 Å². The van der Waals surface area contributed by atoms with Crippen LogP contribution in [0.25, 0.3) is 28.1 Å². The van der Waals surface area contributed by atoms with Crippen LogP contribution in [0.15, 0.2) is 30.3 Å². The van der Waals surface area contributed by atoms with E-state index in [-0.39, 0.29) is 5.56 Å². The second-order valence-corrected chi connectivity index (χ2v) is 7.50. The molecule has 2 aliphatic rings. The molecule has 27 heavy (non-hydrogen) atoms. The molecule has 1 aliphatic carbocycles. The fraction of sp³-hybridized carbons (Fsp3) is 0.227. The number of nitrogens with one attached hydrogen (secondary N) is 2. The number of amides is 1. The van der Waals surface area contributed by atoms with Gasteiger partial charge in [-0.05, 0) is 42.0 Å². The molecule has 2 aromatic carbocycles. The number of aromatic amines is 1. The van der Waals surface area contributed by atoms with Crippen LogP contribution >= 0.6 is 0 Å². The largest absolute Gasteiger partial charge is 0.384 e. The molecule has 4 nitrogen and oxygen atoms in total. The molecular formula is C22H20FN3O. The highest BCUT2D eigenvalue weighted by Crippen LogP contribution is 2.41. The highest BCUT2D eigenvalue weighted by molar-refractivity contribution is 6.12. The van der Waals surface area contributed by atoms with Gasteiger partial charge in [0.1, 0.15) is 5.82 Å². The van der Waals surface area contributed by atoms with Crippen molar-refractivity contribution in [1.82, 2.24) is 4.98 Å². The summed E-state index contributed by atoms with van der Waals surface area (Å²) >= 11 is 0. The molecule has 1 aromatic heterocycles. The van der Waals surface area contributed by atoms with E-state index in [1.165, 1.54) is 11.6 Å². The molecule has 5 heteroatoms. The molecule has 2 heterocycles. The average molecular weight is 361 g/mol. The van der Waals surface area contributed by atoms with Crippen molar-refractivity contribution in [2.75, 3.05) is 11.9 Å². The second-order valence-electron chi connectivity index (χ2n) is 7.50. The molecule has 0 fully saturated rings. The Balaban J connectivity index is 1.85. The van der Waals surface area contributed by atoms with Gasteiger partial charge in [0.25, 0.3) is 5.91 Å². The molecule has 1 aliphatic heterocycles. The van der Waals surface area contributed by atoms with Crippen LogP contribution in [0.5, 0.6) is 0 Å². The smallest absolute Gasteiger partial charge is 0.250 e. The number of hydrogen-bond donors (Lipinski definition) is 3. The minimum Gasteiger partial charge on any atom is -0.384 e. The fourth-order valence-corrected chi connectivity index (χ4v) is 4.34. The normalized spacial score (nSPS) is 17.6. The number of aromatic nitrogens is 1. The first-order chi connectivity index (χ1) is 13.0. The molecular weight excluding hydrogens is 341 g/mol. The number of allylic oxidation sites excluding steroid dienone is 1. The summed E-state index contributed by atoms with van der Waals surface area (Å²) in [5.41, 5.74) is 11.9. The first-order valence-corrected chi connectivity index (χ1v) is 9.25. The molecule has 1 unspecified atom stereocenters. The highest BCUT2D eigenvalue weighted by Gasteiger charge is 2.25. The van der Waals surface area contributed by atoms with Crippen LogP contribution in [0.1, 0.15) is 34.1 Å². The fourth-order valence-electron chi connectivity index (χ4n) is 4.34.